The number of benzene rings is 1. The number of nitrogens with two attached hydrogens (primary N) is 1. The summed E-state index contributed by atoms with van der Waals surface area (Å²) in [6.07, 6.45) is 0. The Morgan fingerprint density at radius 2 is 2.20 bits per heavy atom. The van der Waals surface area contributed by atoms with Gasteiger partial charge in [0.05, 0.1) is 0 Å². The second kappa shape index (κ2) is 4.65. The summed E-state index contributed by atoms with van der Waals surface area (Å²) in [4.78, 5) is 0. The summed E-state index contributed by atoms with van der Waals surface area (Å²) >= 11 is 0. The number of rotatable bonds is 1. The summed E-state index contributed by atoms with van der Waals surface area (Å²) in [5.41, 5.74) is 6.01. The SMILES string of the molecule is NCc1c[c]cc(F)c1.[MgH2]. The van der Waals surface area contributed by atoms with Crippen LogP contribution in [-0.2, 0) is 6.54 Å². The lowest BCUT2D eigenvalue weighted by Gasteiger charge is -1.92. The lowest BCUT2D eigenvalue weighted by molar-refractivity contribution is 0.625. The van der Waals surface area contributed by atoms with Gasteiger partial charge in [-0.2, -0.15) is 0 Å². The first-order valence-corrected chi connectivity index (χ1v) is 2.68. The highest BCUT2D eigenvalue weighted by atomic mass is 24.3. The van der Waals surface area contributed by atoms with E-state index in [0.717, 1.165) is 5.56 Å². The van der Waals surface area contributed by atoms with Crippen molar-refractivity contribution in [3.05, 3.63) is 35.6 Å². The highest BCUT2D eigenvalue weighted by Gasteiger charge is 1.89. The zero-order valence-electron chi connectivity index (χ0n) is 4.89. The van der Waals surface area contributed by atoms with Crippen molar-refractivity contribution < 1.29 is 4.39 Å². The van der Waals surface area contributed by atoms with Crippen molar-refractivity contribution >= 4 is 23.1 Å². The second-order valence-corrected chi connectivity index (χ2v) is 1.76. The molecule has 3 heteroatoms. The summed E-state index contributed by atoms with van der Waals surface area (Å²) in [6.45, 7) is 0.369. The first-order chi connectivity index (χ1) is 4.33. The molecule has 1 nitrogen and oxygen atoms in total. The van der Waals surface area contributed by atoms with Gasteiger partial charge in [0.25, 0.3) is 0 Å². The van der Waals surface area contributed by atoms with Crippen LogP contribution in [-0.4, -0.2) is 23.1 Å². The molecule has 0 saturated carbocycles. The maximum atomic E-state index is 12.3. The average molecular weight is 150 g/mol. The van der Waals surface area contributed by atoms with Crippen LogP contribution < -0.4 is 5.73 Å². The van der Waals surface area contributed by atoms with Gasteiger partial charge in [-0.05, 0) is 29.8 Å². The summed E-state index contributed by atoms with van der Waals surface area (Å²) in [5.74, 6) is -0.280. The fourth-order valence-electron chi connectivity index (χ4n) is 0.607. The first kappa shape index (κ1) is 9.88. The molecule has 0 atom stereocenters. The minimum atomic E-state index is -0.280. The molecule has 0 aromatic heterocycles. The molecule has 0 saturated heterocycles. The Labute approximate surface area is 75.6 Å². The molecule has 51 valence electrons. The maximum absolute atomic E-state index is 12.3. The number of halogens is 1. The standard InChI is InChI=1S/C7H7FN.Mg.2H/c8-7-3-1-2-6(4-7)5-9;;;/h2-4H,5,9H2;;;. The molecule has 10 heavy (non-hydrogen) atoms. The van der Waals surface area contributed by atoms with Crippen LogP contribution in [0.25, 0.3) is 0 Å². The molecule has 0 aliphatic rings. The molecular weight excluding hydrogens is 141 g/mol. The van der Waals surface area contributed by atoms with Gasteiger partial charge in [0.1, 0.15) is 5.82 Å². The Bertz CT molecular complexity index is 203. The van der Waals surface area contributed by atoms with E-state index < -0.39 is 0 Å². The monoisotopic (exact) mass is 150 g/mol. The van der Waals surface area contributed by atoms with Crippen molar-refractivity contribution in [1.29, 1.82) is 0 Å². The van der Waals surface area contributed by atoms with Gasteiger partial charge in [0.15, 0.2) is 0 Å². The van der Waals surface area contributed by atoms with E-state index >= 15 is 0 Å². The molecule has 2 N–H and O–H groups in total. The minimum Gasteiger partial charge on any atom is -0.326 e. The molecule has 1 aromatic rings. The van der Waals surface area contributed by atoms with Crippen LogP contribution in [0.4, 0.5) is 4.39 Å². The van der Waals surface area contributed by atoms with Crippen LogP contribution in [0.1, 0.15) is 5.56 Å². The molecular formula is C7H9FMgN. The number of hydrogen-bond acceptors (Lipinski definition) is 1. The van der Waals surface area contributed by atoms with E-state index in [-0.39, 0.29) is 28.9 Å². The van der Waals surface area contributed by atoms with Gasteiger partial charge in [-0.1, -0.05) is 0 Å². The third kappa shape index (κ3) is 2.64. The van der Waals surface area contributed by atoms with Gasteiger partial charge >= 0.3 is 23.1 Å². The maximum Gasteiger partial charge on any atom is 0.316 e. The van der Waals surface area contributed by atoms with Gasteiger partial charge < -0.3 is 5.73 Å². The fourth-order valence-corrected chi connectivity index (χ4v) is 0.607. The van der Waals surface area contributed by atoms with Crippen molar-refractivity contribution in [3.63, 3.8) is 0 Å². The molecule has 0 fully saturated rings. The topological polar surface area (TPSA) is 26.0 Å². The summed E-state index contributed by atoms with van der Waals surface area (Å²) < 4.78 is 12.3. The van der Waals surface area contributed by atoms with Gasteiger partial charge in [0.2, 0.25) is 0 Å². The Morgan fingerprint density at radius 3 is 2.60 bits per heavy atom. The third-order valence-electron chi connectivity index (χ3n) is 1.05. The van der Waals surface area contributed by atoms with E-state index in [1.807, 2.05) is 0 Å². The van der Waals surface area contributed by atoms with Gasteiger partial charge in [-0.15, -0.1) is 0 Å². The molecule has 0 aliphatic carbocycles. The van der Waals surface area contributed by atoms with E-state index in [2.05, 4.69) is 6.07 Å². The third-order valence-corrected chi connectivity index (χ3v) is 1.05. The van der Waals surface area contributed by atoms with Crippen molar-refractivity contribution in [2.24, 2.45) is 5.73 Å². The summed E-state index contributed by atoms with van der Waals surface area (Å²) in [6, 6.07) is 6.97. The molecule has 1 radical (unpaired) electrons. The quantitative estimate of drug-likeness (QED) is 0.568. The Kier molecular flexibility index (Phi) is 4.60. The second-order valence-electron chi connectivity index (χ2n) is 1.76. The highest BCUT2D eigenvalue weighted by Crippen LogP contribution is 2.00. The van der Waals surface area contributed by atoms with Gasteiger partial charge in [-0.3, -0.25) is 0 Å². The number of hydrogen-bond donors (Lipinski definition) is 1. The molecule has 1 aromatic carbocycles. The Balaban J connectivity index is 0.000000810. The average Bonchev–Trinajstić information content (AvgIpc) is 1.88. The van der Waals surface area contributed by atoms with Crippen LogP contribution in [0.15, 0.2) is 18.2 Å². The van der Waals surface area contributed by atoms with Crippen LogP contribution in [0.5, 0.6) is 0 Å². The molecule has 0 aliphatic heterocycles. The zero-order chi connectivity index (χ0) is 6.69. The van der Waals surface area contributed by atoms with Gasteiger partial charge in [-0.25, -0.2) is 4.39 Å². The predicted molar refractivity (Wildman–Crippen MR) is 41.7 cm³/mol. The normalized spacial score (nSPS) is 8.60. The predicted octanol–water partition coefficient (Wildman–Crippen LogP) is 0.168. The van der Waals surface area contributed by atoms with E-state index in [9.17, 15) is 4.39 Å². The van der Waals surface area contributed by atoms with Crippen LogP contribution in [0, 0.1) is 11.9 Å². The lowest BCUT2D eigenvalue weighted by Crippen LogP contribution is -1.95. The largest absolute Gasteiger partial charge is 0.326 e. The summed E-state index contributed by atoms with van der Waals surface area (Å²) in [7, 11) is 0. The molecule has 1 rings (SSSR count). The molecule has 0 spiro atoms. The molecule has 0 amide bonds. The Hall–Kier alpha value is -0.124. The van der Waals surface area contributed by atoms with E-state index in [1.54, 1.807) is 6.07 Å². The van der Waals surface area contributed by atoms with Gasteiger partial charge in [0, 0.05) is 6.54 Å². The zero-order valence-corrected chi connectivity index (χ0v) is 4.89. The van der Waals surface area contributed by atoms with E-state index in [4.69, 9.17) is 5.73 Å². The van der Waals surface area contributed by atoms with Crippen molar-refractivity contribution in [2.75, 3.05) is 0 Å². The molecule has 0 unspecified atom stereocenters. The smallest absolute Gasteiger partial charge is 0.316 e. The lowest BCUT2D eigenvalue weighted by atomic mass is 10.2. The van der Waals surface area contributed by atoms with Crippen molar-refractivity contribution in [2.45, 2.75) is 6.54 Å². The van der Waals surface area contributed by atoms with Crippen molar-refractivity contribution in [1.82, 2.24) is 0 Å². The Morgan fingerprint density at radius 1 is 1.50 bits per heavy atom. The van der Waals surface area contributed by atoms with E-state index in [0.29, 0.717) is 6.54 Å². The fraction of sp³-hybridized carbons (Fsp3) is 0.143. The highest BCUT2D eigenvalue weighted by molar-refractivity contribution is 5.75. The van der Waals surface area contributed by atoms with Crippen LogP contribution in [0.3, 0.4) is 0 Å². The minimum absolute atomic E-state index is 0. The molecule has 0 heterocycles. The van der Waals surface area contributed by atoms with E-state index in [1.165, 1.54) is 12.1 Å². The summed E-state index contributed by atoms with van der Waals surface area (Å²) in [5, 5.41) is 0. The van der Waals surface area contributed by atoms with Crippen LogP contribution >= 0.6 is 0 Å². The van der Waals surface area contributed by atoms with Crippen LogP contribution in [0.2, 0.25) is 0 Å². The van der Waals surface area contributed by atoms with Crippen molar-refractivity contribution in [3.8, 4) is 0 Å². The first-order valence-electron chi connectivity index (χ1n) is 2.68. The molecule has 0 bridgehead atoms.